The zero-order valence-electron chi connectivity index (χ0n) is 17.1. The van der Waals surface area contributed by atoms with Crippen molar-refractivity contribution < 1.29 is 9.53 Å². The lowest BCUT2D eigenvalue weighted by Crippen LogP contribution is -2.32. The second kappa shape index (κ2) is 8.11. The maximum Gasteiger partial charge on any atom is 0.225 e. The van der Waals surface area contributed by atoms with Crippen molar-refractivity contribution >= 4 is 22.8 Å². The molecule has 0 saturated carbocycles. The number of hydrogen-bond acceptors (Lipinski definition) is 5. The normalized spacial score (nSPS) is 16.6. The van der Waals surface area contributed by atoms with Crippen LogP contribution >= 0.6 is 0 Å². The monoisotopic (exact) mass is 393 g/mol. The summed E-state index contributed by atoms with van der Waals surface area (Å²) in [5, 5.41) is 11.8. The van der Waals surface area contributed by atoms with Gasteiger partial charge in [-0.2, -0.15) is 5.10 Å². The van der Waals surface area contributed by atoms with Crippen molar-refractivity contribution in [1.82, 2.24) is 20.1 Å². The molecule has 152 valence electrons. The number of methoxy groups -OCH3 is 1. The molecule has 1 atom stereocenters. The summed E-state index contributed by atoms with van der Waals surface area (Å²) in [6.07, 6.45) is 0.948. The van der Waals surface area contributed by atoms with Crippen molar-refractivity contribution in [3.63, 3.8) is 0 Å². The highest BCUT2D eigenvalue weighted by Crippen LogP contribution is 2.29. The van der Waals surface area contributed by atoms with Gasteiger partial charge in [0.1, 0.15) is 5.75 Å². The van der Waals surface area contributed by atoms with Crippen LogP contribution in [0.15, 0.2) is 36.4 Å². The minimum atomic E-state index is 0.0358. The van der Waals surface area contributed by atoms with E-state index in [1.54, 1.807) is 7.11 Å². The Hall–Kier alpha value is -3.09. The minimum absolute atomic E-state index is 0.0358. The van der Waals surface area contributed by atoms with E-state index in [1.807, 2.05) is 43.0 Å². The van der Waals surface area contributed by atoms with Gasteiger partial charge in [-0.05, 0) is 24.6 Å². The summed E-state index contributed by atoms with van der Waals surface area (Å²) in [5.74, 6) is 2.15. The van der Waals surface area contributed by atoms with Gasteiger partial charge in [0.25, 0.3) is 0 Å². The summed E-state index contributed by atoms with van der Waals surface area (Å²) < 4.78 is 5.41. The van der Waals surface area contributed by atoms with Gasteiger partial charge in [0.15, 0.2) is 11.5 Å². The lowest BCUT2D eigenvalue weighted by atomic mass is 10.0. The summed E-state index contributed by atoms with van der Waals surface area (Å²) in [6, 6.07) is 12.0. The van der Waals surface area contributed by atoms with Crippen LogP contribution in [0.25, 0.3) is 11.0 Å². The molecule has 1 amide bonds. The lowest BCUT2D eigenvalue weighted by Gasteiger charge is -2.18. The molecule has 1 aliphatic heterocycles. The number of amides is 1. The van der Waals surface area contributed by atoms with E-state index in [2.05, 4.69) is 27.6 Å². The number of aromatic nitrogens is 3. The molecular weight excluding hydrogens is 366 g/mol. The van der Waals surface area contributed by atoms with Crippen LogP contribution in [0, 0.1) is 5.92 Å². The summed E-state index contributed by atoms with van der Waals surface area (Å²) >= 11 is 0. The van der Waals surface area contributed by atoms with Crippen LogP contribution in [0.4, 0.5) is 5.82 Å². The Morgan fingerprint density at radius 3 is 2.93 bits per heavy atom. The zero-order chi connectivity index (χ0) is 20.4. The third kappa shape index (κ3) is 3.90. The van der Waals surface area contributed by atoms with Gasteiger partial charge in [0.05, 0.1) is 12.5 Å². The SMILES string of the molecule is COc1ccccc1CNc1n[nH]c2nc([C@@H]3CCN(C(=O)C(C)C)C3)ccc12. The van der Waals surface area contributed by atoms with Gasteiger partial charge >= 0.3 is 0 Å². The summed E-state index contributed by atoms with van der Waals surface area (Å²) in [5.41, 5.74) is 2.84. The standard InChI is InChI=1S/C22H27N5O2/c1-14(2)22(28)27-11-10-16(13-27)18-9-8-17-20(25-26-21(17)24-18)23-12-15-6-4-5-7-19(15)29-3/h4-9,14,16H,10-13H2,1-3H3,(H2,23,24,25,26)/t16-/m1/s1. The van der Waals surface area contributed by atoms with Crippen LogP contribution in [0.2, 0.25) is 0 Å². The van der Waals surface area contributed by atoms with Crippen LogP contribution in [0.1, 0.15) is 37.4 Å². The number of H-pyrrole nitrogens is 1. The largest absolute Gasteiger partial charge is 0.496 e. The van der Waals surface area contributed by atoms with E-state index in [9.17, 15) is 4.79 Å². The van der Waals surface area contributed by atoms with Gasteiger partial charge in [-0.1, -0.05) is 32.0 Å². The molecule has 0 bridgehead atoms. The van der Waals surface area contributed by atoms with E-state index in [0.717, 1.165) is 53.4 Å². The number of nitrogens with one attached hydrogen (secondary N) is 2. The first-order valence-electron chi connectivity index (χ1n) is 10.1. The molecule has 2 N–H and O–H groups in total. The number of carbonyl (C=O) groups is 1. The lowest BCUT2D eigenvalue weighted by molar-refractivity contribution is -0.133. The quantitative estimate of drug-likeness (QED) is 0.669. The third-order valence-electron chi connectivity index (χ3n) is 5.50. The van der Waals surface area contributed by atoms with E-state index in [4.69, 9.17) is 9.72 Å². The topological polar surface area (TPSA) is 83.1 Å². The van der Waals surface area contributed by atoms with E-state index < -0.39 is 0 Å². The van der Waals surface area contributed by atoms with Crippen LogP contribution in [0.3, 0.4) is 0 Å². The summed E-state index contributed by atoms with van der Waals surface area (Å²) in [7, 11) is 1.67. The Morgan fingerprint density at radius 2 is 2.14 bits per heavy atom. The molecule has 1 saturated heterocycles. The molecule has 2 aromatic heterocycles. The average Bonchev–Trinajstić information content (AvgIpc) is 3.38. The molecule has 7 heteroatoms. The van der Waals surface area contributed by atoms with Crippen molar-refractivity contribution in [2.75, 3.05) is 25.5 Å². The fraction of sp³-hybridized carbons (Fsp3) is 0.409. The number of rotatable bonds is 6. The first-order valence-corrected chi connectivity index (χ1v) is 10.1. The van der Waals surface area contributed by atoms with Gasteiger partial charge in [-0.15, -0.1) is 0 Å². The molecule has 3 heterocycles. The van der Waals surface area contributed by atoms with Crippen molar-refractivity contribution in [1.29, 1.82) is 0 Å². The molecule has 1 aromatic carbocycles. The van der Waals surface area contributed by atoms with Crippen LogP contribution < -0.4 is 10.1 Å². The Bertz CT molecular complexity index is 1010. The highest BCUT2D eigenvalue weighted by atomic mass is 16.5. The number of carbonyl (C=O) groups excluding carboxylic acids is 1. The van der Waals surface area contributed by atoms with Crippen molar-refractivity contribution in [3.8, 4) is 5.75 Å². The molecular formula is C22H27N5O2. The smallest absolute Gasteiger partial charge is 0.225 e. The first kappa shape index (κ1) is 19.2. The molecule has 0 spiro atoms. The number of para-hydroxylation sites is 1. The Kier molecular flexibility index (Phi) is 5.38. The predicted molar refractivity (Wildman–Crippen MR) is 113 cm³/mol. The fourth-order valence-corrected chi connectivity index (χ4v) is 3.88. The van der Waals surface area contributed by atoms with E-state index in [-0.39, 0.29) is 17.7 Å². The first-order chi connectivity index (χ1) is 14.1. The average molecular weight is 393 g/mol. The van der Waals surface area contributed by atoms with Crippen molar-refractivity contribution in [2.24, 2.45) is 5.92 Å². The molecule has 3 aromatic rings. The highest BCUT2D eigenvalue weighted by molar-refractivity contribution is 5.87. The van der Waals surface area contributed by atoms with Crippen LogP contribution in [-0.4, -0.2) is 46.2 Å². The van der Waals surface area contributed by atoms with Crippen molar-refractivity contribution in [2.45, 2.75) is 32.7 Å². The maximum absolute atomic E-state index is 12.2. The molecule has 1 aliphatic rings. The molecule has 7 nitrogen and oxygen atoms in total. The van der Waals surface area contributed by atoms with Gasteiger partial charge in [-0.3, -0.25) is 9.89 Å². The molecule has 0 unspecified atom stereocenters. The number of anilines is 1. The number of pyridine rings is 1. The van der Waals surface area contributed by atoms with Gasteiger partial charge in [0, 0.05) is 42.7 Å². The number of aromatic amines is 1. The second-order valence-corrected chi connectivity index (χ2v) is 7.79. The number of fused-ring (bicyclic) bond motifs is 1. The molecule has 0 radical (unpaired) electrons. The Labute approximate surface area is 170 Å². The summed E-state index contributed by atoms with van der Waals surface area (Å²) in [4.78, 5) is 19.0. The number of ether oxygens (including phenoxy) is 1. The van der Waals surface area contributed by atoms with Gasteiger partial charge < -0.3 is 15.0 Å². The number of likely N-dealkylation sites (tertiary alicyclic amines) is 1. The molecule has 1 fully saturated rings. The number of hydrogen-bond donors (Lipinski definition) is 2. The van der Waals surface area contributed by atoms with Crippen LogP contribution in [0.5, 0.6) is 5.75 Å². The minimum Gasteiger partial charge on any atom is -0.496 e. The van der Waals surface area contributed by atoms with Gasteiger partial charge in [-0.25, -0.2) is 4.98 Å². The second-order valence-electron chi connectivity index (χ2n) is 7.79. The number of benzene rings is 1. The molecule has 0 aliphatic carbocycles. The van der Waals surface area contributed by atoms with Crippen LogP contribution in [-0.2, 0) is 11.3 Å². The maximum atomic E-state index is 12.2. The van der Waals surface area contributed by atoms with Crippen molar-refractivity contribution in [3.05, 3.63) is 47.7 Å². The van der Waals surface area contributed by atoms with E-state index >= 15 is 0 Å². The molecule has 4 rings (SSSR count). The number of nitrogens with zero attached hydrogens (tertiary/aromatic N) is 3. The van der Waals surface area contributed by atoms with E-state index in [1.165, 1.54) is 0 Å². The third-order valence-corrected chi connectivity index (χ3v) is 5.50. The highest BCUT2D eigenvalue weighted by Gasteiger charge is 2.29. The summed E-state index contributed by atoms with van der Waals surface area (Å²) in [6.45, 7) is 6.05. The fourth-order valence-electron chi connectivity index (χ4n) is 3.88. The Morgan fingerprint density at radius 1 is 1.31 bits per heavy atom. The zero-order valence-corrected chi connectivity index (χ0v) is 17.1. The van der Waals surface area contributed by atoms with E-state index in [0.29, 0.717) is 6.54 Å². The predicted octanol–water partition coefficient (Wildman–Crippen LogP) is 3.55. The van der Waals surface area contributed by atoms with Gasteiger partial charge in [0.2, 0.25) is 5.91 Å². The molecule has 29 heavy (non-hydrogen) atoms. The Balaban J connectivity index is 1.47.